The molecule has 144 valence electrons. The number of carbonyl (C=O) groups excluding carboxylic acids is 2. The van der Waals surface area contributed by atoms with Gasteiger partial charge in [0.05, 0.1) is 23.3 Å². The highest BCUT2D eigenvalue weighted by Gasteiger charge is 2.26. The van der Waals surface area contributed by atoms with Crippen LogP contribution in [0, 0.1) is 6.92 Å². The first-order valence-electron chi connectivity index (χ1n) is 8.74. The van der Waals surface area contributed by atoms with Gasteiger partial charge >= 0.3 is 0 Å². The van der Waals surface area contributed by atoms with E-state index in [1.54, 1.807) is 17.9 Å². The maximum Gasteiger partial charge on any atom is 0.261 e. The summed E-state index contributed by atoms with van der Waals surface area (Å²) in [4.78, 5) is 30.5. The van der Waals surface area contributed by atoms with Crippen LogP contribution in [0.25, 0.3) is 0 Å². The van der Waals surface area contributed by atoms with Crippen molar-refractivity contribution in [3.05, 3.63) is 59.6 Å². The first-order chi connectivity index (χ1) is 13.6. The van der Waals surface area contributed by atoms with E-state index >= 15 is 0 Å². The Bertz CT molecular complexity index is 999. The van der Waals surface area contributed by atoms with Gasteiger partial charge in [0.15, 0.2) is 5.82 Å². The number of benzene rings is 1. The third-order valence-electron chi connectivity index (χ3n) is 4.31. The van der Waals surface area contributed by atoms with E-state index in [-0.39, 0.29) is 17.6 Å². The molecule has 0 saturated carbocycles. The Balaban J connectivity index is 1.34. The fourth-order valence-corrected chi connectivity index (χ4v) is 3.72. The van der Waals surface area contributed by atoms with Crippen molar-refractivity contribution < 1.29 is 18.5 Å². The van der Waals surface area contributed by atoms with Gasteiger partial charge in [-0.05, 0) is 36.2 Å². The van der Waals surface area contributed by atoms with Crippen LogP contribution in [0.2, 0.25) is 0 Å². The summed E-state index contributed by atoms with van der Waals surface area (Å²) in [7, 11) is 0. The van der Waals surface area contributed by atoms with E-state index in [4.69, 9.17) is 8.94 Å². The largest absolute Gasteiger partial charge is 0.472 e. The molecular weight excluding hydrogens is 380 g/mol. The highest BCUT2D eigenvalue weighted by Crippen LogP contribution is 2.31. The van der Waals surface area contributed by atoms with Gasteiger partial charge in [0, 0.05) is 24.8 Å². The zero-order chi connectivity index (χ0) is 19.5. The molecule has 0 unspecified atom stereocenters. The van der Waals surface area contributed by atoms with Gasteiger partial charge in [-0.25, -0.2) is 0 Å². The molecule has 0 atom stereocenters. The lowest BCUT2D eigenvalue weighted by Gasteiger charge is -2.16. The van der Waals surface area contributed by atoms with Gasteiger partial charge in [-0.3, -0.25) is 9.59 Å². The first-order valence-corrected chi connectivity index (χ1v) is 9.89. The number of nitrogens with zero attached hydrogens (tertiary/aromatic N) is 3. The number of hydrogen-bond acceptors (Lipinski definition) is 7. The Kier molecular flexibility index (Phi) is 5.16. The molecule has 28 heavy (non-hydrogen) atoms. The van der Waals surface area contributed by atoms with Gasteiger partial charge in [-0.1, -0.05) is 5.16 Å². The van der Waals surface area contributed by atoms with E-state index in [9.17, 15) is 9.59 Å². The number of nitrogens with one attached hydrogen (secondary N) is 1. The summed E-state index contributed by atoms with van der Waals surface area (Å²) in [6.07, 6.45) is 3.68. The number of rotatable bonds is 6. The summed E-state index contributed by atoms with van der Waals surface area (Å²) in [5, 5.41) is 6.69. The number of amides is 2. The molecule has 2 aromatic heterocycles. The number of carbonyl (C=O) groups is 2. The molecule has 1 N–H and O–H groups in total. The predicted octanol–water partition coefficient (Wildman–Crippen LogP) is 3.05. The fourth-order valence-electron chi connectivity index (χ4n) is 3.06. The van der Waals surface area contributed by atoms with Gasteiger partial charge < -0.3 is 19.2 Å². The topological polar surface area (TPSA) is 101 Å². The van der Waals surface area contributed by atoms with Crippen molar-refractivity contribution >= 4 is 35.0 Å². The van der Waals surface area contributed by atoms with Crippen molar-refractivity contribution in [1.29, 1.82) is 0 Å². The minimum Gasteiger partial charge on any atom is -0.472 e. The van der Waals surface area contributed by atoms with Crippen LogP contribution >= 0.6 is 11.8 Å². The lowest BCUT2D eigenvalue weighted by Crippen LogP contribution is -2.28. The summed E-state index contributed by atoms with van der Waals surface area (Å²) in [6, 6.07) is 7.25. The number of aryl methyl sites for hydroxylation is 1. The van der Waals surface area contributed by atoms with Crippen LogP contribution in [0.5, 0.6) is 0 Å². The van der Waals surface area contributed by atoms with Crippen LogP contribution in [0.4, 0.5) is 11.4 Å². The Morgan fingerprint density at radius 2 is 2.21 bits per heavy atom. The average molecular weight is 398 g/mol. The van der Waals surface area contributed by atoms with Crippen LogP contribution in [0.1, 0.15) is 27.6 Å². The summed E-state index contributed by atoms with van der Waals surface area (Å²) < 4.78 is 9.90. The second-order valence-electron chi connectivity index (χ2n) is 6.33. The van der Waals surface area contributed by atoms with Crippen LogP contribution in [-0.4, -0.2) is 34.3 Å². The van der Waals surface area contributed by atoms with Gasteiger partial charge in [-0.2, -0.15) is 4.98 Å². The summed E-state index contributed by atoms with van der Waals surface area (Å²) >= 11 is 1.42. The number of fused-ring (bicyclic) bond motifs is 1. The molecule has 0 aliphatic carbocycles. The molecule has 0 spiro atoms. The minimum absolute atomic E-state index is 0.0858. The third-order valence-corrected chi connectivity index (χ3v) is 5.23. The van der Waals surface area contributed by atoms with E-state index in [2.05, 4.69) is 15.5 Å². The Hall–Kier alpha value is -3.07. The highest BCUT2D eigenvalue weighted by atomic mass is 32.2. The monoisotopic (exact) mass is 398 g/mol. The highest BCUT2D eigenvalue weighted by molar-refractivity contribution is 7.99. The minimum atomic E-state index is -0.102. The predicted molar refractivity (Wildman–Crippen MR) is 104 cm³/mol. The smallest absolute Gasteiger partial charge is 0.261 e. The van der Waals surface area contributed by atoms with E-state index in [1.807, 2.05) is 18.2 Å². The first kappa shape index (κ1) is 18.3. The van der Waals surface area contributed by atoms with Crippen molar-refractivity contribution in [2.75, 3.05) is 22.5 Å². The number of thioether (sulfide) groups is 1. The second kappa shape index (κ2) is 7.89. The Labute approximate surface area is 165 Å². The Morgan fingerprint density at radius 3 is 2.96 bits per heavy atom. The number of hydrogen-bond donors (Lipinski definition) is 1. The van der Waals surface area contributed by atoms with Crippen LogP contribution in [-0.2, 0) is 17.0 Å². The average Bonchev–Trinajstić information content (AvgIpc) is 3.41. The van der Waals surface area contributed by atoms with E-state index in [1.165, 1.54) is 24.3 Å². The van der Waals surface area contributed by atoms with Crippen LogP contribution in [0.3, 0.4) is 0 Å². The third kappa shape index (κ3) is 3.94. The maximum atomic E-state index is 12.5. The molecule has 1 aliphatic heterocycles. The number of furan rings is 1. The standard InChI is InChI=1S/C19H18N4O4S/c1-12-20-17(22-27-12)10-28-11-18(24)21-15-2-3-16-13(8-15)4-6-23(16)19(25)14-5-7-26-9-14/h2-3,5,7-9H,4,6,10-11H2,1H3,(H,21,24). The summed E-state index contributed by atoms with van der Waals surface area (Å²) in [5.74, 6) is 1.70. The van der Waals surface area contributed by atoms with E-state index in [0.717, 1.165) is 23.4 Å². The molecule has 0 fully saturated rings. The van der Waals surface area contributed by atoms with Crippen molar-refractivity contribution in [2.45, 2.75) is 19.1 Å². The number of anilines is 2. The normalized spacial score (nSPS) is 12.8. The van der Waals surface area contributed by atoms with Crippen molar-refractivity contribution in [3.63, 3.8) is 0 Å². The van der Waals surface area contributed by atoms with E-state index < -0.39 is 0 Å². The zero-order valence-electron chi connectivity index (χ0n) is 15.2. The van der Waals surface area contributed by atoms with Gasteiger partial charge in [0.25, 0.3) is 5.91 Å². The quantitative estimate of drug-likeness (QED) is 0.681. The van der Waals surface area contributed by atoms with Crippen molar-refractivity contribution in [3.8, 4) is 0 Å². The Morgan fingerprint density at radius 1 is 1.32 bits per heavy atom. The molecule has 2 amide bonds. The lowest BCUT2D eigenvalue weighted by atomic mass is 10.1. The molecule has 9 heteroatoms. The van der Waals surface area contributed by atoms with Crippen molar-refractivity contribution in [1.82, 2.24) is 10.1 Å². The molecule has 4 rings (SSSR count). The molecular formula is C19H18N4O4S. The molecule has 0 bridgehead atoms. The molecule has 0 radical (unpaired) electrons. The molecule has 3 heterocycles. The SMILES string of the molecule is Cc1nc(CSCC(=O)Nc2ccc3c(c2)CCN3C(=O)c2ccoc2)no1. The summed E-state index contributed by atoms with van der Waals surface area (Å²) in [5.41, 5.74) is 3.15. The van der Waals surface area contributed by atoms with E-state index in [0.29, 0.717) is 29.6 Å². The maximum absolute atomic E-state index is 12.5. The zero-order valence-corrected chi connectivity index (χ0v) is 16.0. The van der Waals surface area contributed by atoms with Gasteiger partial charge in [0.1, 0.15) is 6.26 Å². The van der Waals surface area contributed by atoms with Crippen molar-refractivity contribution in [2.24, 2.45) is 0 Å². The molecule has 3 aromatic rings. The summed E-state index contributed by atoms with van der Waals surface area (Å²) in [6.45, 7) is 2.34. The second-order valence-corrected chi connectivity index (χ2v) is 7.32. The molecule has 8 nitrogen and oxygen atoms in total. The van der Waals surface area contributed by atoms with Crippen LogP contribution in [0.15, 0.2) is 45.7 Å². The molecule has 1 aromatic carbocycles. The van der Waals surface area contributed by atoms with Gasteiger partial charge in [0.2, 0.25) is 11.8 Å². The number of aromatic nitrogens is 2. The molecule has 1 aliphatic rings. The molecule has 0 saturated heterocycles. The van der Waals surface area contributed by atoms with Crippen LogP contribution < -0.4 is 10.2 Å². The lowest BCUT2D eigenvalue weighted by molar-refractivity contribution is -0.113. The fraction of sp³-hybridized carbons (Fsp3) is 0.263. The van der Waals surface area contributed by atoms with Gasteiger partial charge in [-0.15, -0.1) is 11.8 Å².